The number of thiazole rings is 1. The van der Waals surface area contributed by atoms with Crippen LogP contribution in [0.2, 0.25) is 0 Å². The highest BCUT2D eigenvalue weighted by molar-refractivity contribution is 7.09. The van der Waals surface area contributed by atoms with E-state index in [1.54, 1.807) is 25.6 Å². The molecule has 0 aliphatic rings. The maximum atomic E-state index is 6.24. The van der Waals surface area contributed by atoms with Crippen LogP contribution in [-0.2, 0) is 0 Å². The van der Waals surface area contributed by atoms with Crippen molar-refractivity contribution in [3.05, 3.63) is 39.8 Å². The number of nitrogens with zero attached hydrogens (tertiary/aromatic N) is 1. The second kappa shape index (κ2) is 5.37. The smallest absolute Gasteiger partial charge is 0.165 e. The van der Waals surface area contributed by atoms with Crippen LogP contribution in [0.15, 0.2) is 23.6 Å². The van der Waals surface area contributed by atoms with Crippen LogP contribution in [0, 0.1) is 6.92 Å². The first-order valence-corrected chi connectivity index (χ1v) is 6.43. The average Bonchev–Trinajstić information content (AvgIpc) is 2.83. The molecule has 0 saturated heterocycles. The normalized spacial score (nSPS) is 12.2. The van der Waals surface area contributed by atoms with Gasteiger partial charge < -0.3 is 15.2 Å². The molecule has 0 radical (unpaired) electrons. The lowest BCUT2D eigenvalue weighted by Crippen LogP contribution is -2.13. The summed E-state index contributed by atoms with van der Waals surface area (Å²) in [6, 6.07) is 5.39. The van der Waals surface area contributed by atoms with E-state index in [9.17, 15) is 0 Å². The van der Waals surface area contributed by atoms with Crippen molar-refractivity contribution < 1.29 is 9.47 Å². The van der Waals surface area contributed by atoms with Crippen LogP contribution < -0.4 is 15.2 Å². The van der Waals surface area contributed by atoms with Crippen molar-refractivity contribution in [3.8, 4) is 11.5 Å². The summed E-state index contributed by atoms with van der Waals surface area (Å²) >= 11 is 1.55. The molecule has 0 spiro atoms. The number of benzene rings is 1. The molecule has 1 heterocycles. The van der Waals surface area contributed by atoms with Gasteiger partial charge in [-0.05, 0) is 13.0 Å². The standard InChI is InChI=1S/C13H16N2O2S/c1-8-7-18-13(15-8)11(14)9-5-4-6-10(16-2)12(9)17-3/h4-7,11H,14H2,1-3H3. The van der Waals surface area contributed by atoms with Crippen LogP contribution in [0.4, 0.5) is 0 Å². The maximum absolute atomic E-state index is 6.24. The van der Waals surface area contributed by atoms with Gasteiger partial charge in [-0.1, -0.05) is 12.1 Å². The van der Waals surface area contributed by atoms with Crippen molar-refractivity contribution in [2.75, 3.05) is 14.2 Å². The van der Waals surface area contributed by atoms with Crippen molar-refractivity contribution in [2.24, 2.45) is 5.73 Å². The van der Waals surface area contributed by atoms with Crippen LogP contribution in [0.3, 0.4) is 0 Å². The van der Waals surface area contributed by atoms with Crippen LogP contribution >= 0.6 is 11.3 Å². The second-order valence-corrected chi connectivity index (χ2v) is 4.78. The lowest BCUT2D eigenvalue weighted by molar-refractivity contribution is 0.350. The Morgan fingerprint density at radius 1 is 1.28 bits per heavy atom. The van der Waals surface area contributed by atoms with Gasteiger partial charge in [-0.15, -0.1) is 11.3 Å². The van der Waals surface area contributed by atoms with E-state index >= 15 is 0 Å². The van der Waals surface area contributed by atoms with Gasteiger partial charge in [-0.2, -0.15) is 0 Å². The summed E-state index contributed by atoms with van der Waals surface area (Å²) in [6.07, 6.45) is 0. The van der Waals surface area contributed by atoms with E-state index < -0.39 is 0 Å². The van der Waals surface area contributed by atoms with Gasteiger partial charge in [0.05, 0.1) is 20.3 Å². The maximum Gasteiger partial charge on any atom is 0.165 e. The molecule has 1 aromatic carbocycles. The molecule has 18 heavy (non-hydrogen) atoms. The van der Waals surface area contributed by atoms with Gasteiger partial charge in [0.2, 0.25) is 0 Å². The Bertz CT molecular complexity index is 540. The zero-order valence-corrected chi connectivity index (χ0v) is 11.5. The molecule has 0 saturated carbocycles. The monoisotopic (exact) mass is 264 g/mol. The van der Waals surface area contributed by atoms with E-state index in [2.05, 4.69) is 4.98 Å². The van der Waals surface area contributed by atoms with E-state index in [-0.39, 0.29) is 6.04 Å². The number of methoxy groups -OCH3 is 2. The van der Waals surface area contributed by atoms with E-state index in [4.69, 9.17) is 15.2 Å². The molecule has 0 fully saturated rings. The summed E-state index contributed by atoms with van der Waals surface area (Å²) < 4.78 is 10.7. The van der Waals surface area contributed by atoms with Gasteiger partial charge in [0.25, 0.3) is 0 Å². The number of aromatic nitrogens is 1. The third kappa shape index (κ3) is 2.32. The van der Waals surface area contributed by atoms with Gasteiger partial charge in [-0.3, -0.25) is 0 Å². The van der Waals surface area contributed by atoms with E-state index in [0.29, 0.717) is 11.5 Å². The summed E-state index contributed by atoms with van der Waals surface area (Å²) in [5.74, 6) is 1.35. The van der Waals surface area contributed by atoms with Gasteiger partial charge in [0.1, 0.15) is 5.01 Å². The molecule has 1 unspecified atom stereocenters. The van der Waals surface area contributed by atoms with Crippen molar-refractivity contribution in [2.45, 2.75) is 13.0 Å². The zero-order chi connectivity index (χ0) is 13.1. The summed E-state index contributed by atoms with van der Waals surface area (Å²) in [5, 5.41) is 2.86. The van der Waals surface area contributed by atoms with Crippen LogP contribution in [0.5, 0.6) is 11.5 Å². The topological polar surface area (TPSA) is 57.4 Å². The fourth-order valence-corrected chi connectivity index (χ4v) is 2.62. The number of rotatable bonds is 4. The molecule has 96 valence electrons. The SMILES string of the molecule is COc1cccc(C(N)c2nc(C)cs2)c1OC. The number of aryl methyl sites for hydroxylation is 1. The fourth-order valence-electron chi connectivity index (χ4n) is 1.80. The molecule has 2 N–H and O–H groups in total. The minimum atomic E-state index is -0.297. The quantitative estimate of drug-likeness (QED) is 0.922. The molecule has 1 aromatic heterocycles. The Morgan fingerprint density at radius 3 is 2.61 bits per heavy atom. The van der Waals surface area contributed by atoms with E-state index in [0.717, 1.165) is 16.3 Å². The minimum Gasteiger partial charge on any atom is -0.493 e. The predicted molar refractivity (Wildman–Crippen MR) is 72.4 cm³/mol. The first kappa shape index (κ1) is 12.9. The second-order valence-electron chi connectivity index (χ2n) is 3.89. The van der Waals surface area contributed by atoms with E-state index in [1.807, 2.05) is 30.5 Å². The molecule has 4 nitrogen and oxygen atoms in total. The van der Waals surface area contributed by atoms with Crippen LogP contribution in [-0.4, -0.2) is 19.2 Å². The molecular formula is C13H16N2O2S. The Labute approximate surface area is 110 Å². The fraction of sp³-hybridized carbons (Fsp3) is 0.308. The van der Waals surface area contributed by atoms with Crippen molar-refractivity contribution in [3.63, 3.8) is 0 Å². The summed E-state index contributed by atoms with van der Waals surface area (Å²) in [5.41, 5.74) is 8.10. The molecule has 0 bridgehead atoms. The first-order valence-electron chi connectivity index (χ1n) is 5.56. The third-order valence-electron chi connectivity index (χ3n) is 2.67. The summed E-state index contributed by atoms with van der Waals surface area (Å²) in [4.78, 5) is 4.42. The molecule has 5 heteroatoms. The molecule has 0 aliphatic carbocycles. The lowest BCUT2D eigenvalue weighted by Gasteiger charge is -2.16. The number of hydrogen-bond donors (Lipinski definition) is 1. The highest BCUT2D eigenvalue weighted by atomic mass is 32.1. The minimum absolute atomic E-state index is 0.297. The van der Waals surface area contributed by atoms with Gasteiger partial charge in [-0.25, -0.2) is 4.98 Å². The van der Waals surface area contributed by atoms with Crippen LogP contribution in [0.25, 0.3) is 0 Å². The average molecular weight is 264 g/mol. The van der Waals surface area contributed by atoms with Gasteiger partial charge in [0, 0.05) is 16.6 Å². The number of hydrogen-bond acceptors (Lipinski definition) is 5. The molecule has 2 rings (SSSR count). The molecule has 0 amide bonds. The Hall–Kier alpha value is -1.59. The number of para-hydroxylation sites is 1. The highest BCUT2D eigenvalue weighted by Gasteiger charge is 2.19. The third-order valence-corrected chi connectivity index (χ3v) is 3.72. The van der Waals surface area contributed by atoms with Crippen molar-refractivity contribution in [1.29, 1.82) is 0 Å². The zero-order valence-electron chi connectivity index (χ0n) is 10.6. The highest BCUT2D eigenvalue weighted by Crippen LogP contribution is 2.36. The summed E-state index contributed by atoms with van der Waals surface area (Å²) in [6.45, 7) is 1.95. The Kier molecular flexibility index (Phi) is 3.84. The number of ether oxygens (including phenoxy) is 2. The van der Waals surface area contributed by atoms with Crippen molar-refractivity contribution >= 4 is 11.3 Å². The van der Waals surface area contributed by atoms with Gasteiger partial charge >= 0.3 is 0 Å². The first-order chi connectivity index (χ1) is 8.67. The predicted octanol–water partition coefficient (Wildman–Crippen LogP) is 2.52. The molecule has 2 aromatic rings. The molecular weight excluding hydrogens is 248 g/mol. The van der Waals surface area contributed by atoms with Crippen molar-refractivity contribution in [1.82, 2.24) is 4.98 Å². The lowest BCUT2D eigenvalue weighted by atomic mass is 10.1. The van der Waals surface area contributed by atoms with Crippen LogP contribution in [0.1, 0.15) is 22.3 Å². The summed E-state index contributed by atoms with van der Waals surface area (Å²) in [7, 11) is 3.22. The molecule has 0 aliphatic heterocycles. The largest absolute Gasteiger partial charge is 0.493 e. The van der Waals surface area contributed by atoms with Gasteiger partial charge in [0.15, 0.2) is 11.5 Å². The Balaban J connectivity index is 2.44. The molecule has 1 atom stereocenters. The number of nitrogens with two attached hydrogens (primary N) is 1. The van der Waals surface area contributed by atoms with E-state index in [1.165, 1.54) is 0 Å². The Morgan fingerprint density at radius 2 is 2.06 bits per heavy atom.